The molecule has 7 nitrogen and oxygen atoms in total. The zero-order valence-corrected chi connectivity index (χ0v) is 15.5. The van der Waals surface area contributed by atoms with Crippen LogP contribution in [0.2, 0.25) is 0 Å². The molecule has 0 spiro atoms. The first-order chi connectivity index (χ1) is 13.0. The molecule has 0 bridgehead atoms. The number of oxazole rings is 1. The Morgan fingerprint density at radius 2 is 1.70 bits per heavy atom. The van der Waals surface area contributed by atoms with Crippen molar-refractivity contribution in [2.75, 3.05) is 26.2 Å². The van der Waals surface area contributed by atoms with E-state index < -0.39 is 0 Å². The molecule has 7 heteroatoms. The zero-order valence-electron chi connectivity index (χ0n) is 15.5. The molecule has 4 rings (SSSR count). The van der Waals surface area contributed by atoms with Crippen molar-refractivity contribution in [1.29, 1.82) is 0 Å². The lowest BCUT2D eigenvalue weighted by atomic mass is 10.1. The Kier molecular flexibility index (Phi) is 4.43. The Morgan fingerprint density at radius 1 is 1.00 bits per heavy atom. The summed E-state index contributed by atoms with van der Waals surface area (Å²) in [7, 11) is 1.90. The SMILES string of the molecule is Cc1nc2cc(C(=O)N3CCCN(C(=O)c4ccn(C)c4)CC3)ccc2o1. The number of carbonyl (C=O) groups excluding carboxylic acids is 2. The van der Waals surface area contributed by atoms with Crippen LogP contribution in [0.1, 0.15) is 33.0 Å². The van der Waals surface area contributed by atoms with Crippen molar-refractivity contribution in [1.82, 2.24) is 19.4 Å². The normalized spacial score (nSPS) is 15.2. The molecule has 1 saturated heterocycles. The summed E-state index contributed by atoms with van der Waals surface area (Å²) < 4.78 is 7.33. The van der Waals surface area contributed by atoms with E-state index in [2.05, 4.69) is 4.98 Å². The van der Waals surface area contributed by atoms with Gasteiger partial charge in [0.15, 0.2) is 11.5 Å². The summed E-state index contributed by atoms with van der Waals surface area (Å²) in [5.41, 5.74) is 2.65. The largest absolute Gasteiger partial charge is 0.441 e. The van der Waals surface area contributed by atoms with Crippen LogP contribution >= 0.6 is 0 Å². The average molecular weight is 366 g/mol. The molecule has 2 aromatic heterocycles. The number of hydrogen-bond donors (Lipinski definition) is 0. The van der Waals surface area contributed by atoms with Crippen LogP contribution in [-0.2, 0) is 7.05 Å². The molecular weight excluding hydrogens is 344 g/mol. The van der Waals surface area contributed by atoms with Crippen molar-refractivity contribution >= 4 is 22.9 Å². The van der Waals surface area contributed by atoms with Crippen LogP contribution in [0.5, 0.6) is 0 Å². The van der Waals surface area contributed by atoms with Gasteiger partial charge in [0.05, 0.1) is 5.56 Å². The third-order valence-electron chi connectivity index (χ3n) is 4.89. The van der Waals surface area contributed by atoms with Gasteiger partial charge in [0.25, 0.3) is 11.8 Å². The van der Waals surface area contributed by atoms with Crippen molar-refractivity contribution in [3.8, 4) is 0 Å². The predicted octanol–water partition coefficient (Wildman–Crippen LogP) is 2.46. The molecule has 0 saturated carbocycles. The highest BCUT2D eigenvalue weighted by Gasteiger charge is 2.24. The summed E-state index contributed by atoms with van der Waals surface area (Å²) in [6, 6.07) is 7.15. The second-order valence-corrected chi connectivity index (χ2v) is 6.92. The van der Waals surface area contributed by atoms with Crippen LogP contribution in [0.4, 0.5) is 0 Å². The molecule has 1 aliphatic rings. The number of amides is 2. The highest BCUT2D eigenvalue weighted by atomic mass is 16.3. The highest BCUT2D eigenvalue weighted by Crippen LogP contribution is 2.19. The van der Waals surface area contributed by atoms with E-state index in [1.807, 2.05) is 39.9 Å². The van der Waals surface area contributed by atoms with Crippen LogP contribution in [0.25, 0.3) is 11.1 Å². The van der Waals surface area contributed by atoms with Gasteiger partial charge in [0.2, 0.25) is 0 Å². The average Bonchev–Trinajstić information content (AvgIpc) is 3.16. The number of rotatable bonds is 2. The molecule has 140 valence electrons. The fourth-order valence-electron chi connectivity index (χ4n) is 3.49. The van der Waals surface area contributed by atoms with Gasteiger partial charge in [-0.25, -0.2) is 4.98 Å². The van der Waals surface area contributed by atoms with Gasteiger partial charge in [-0.1, -0.05) is 0 Å². The van der Waals surface area contributed by atoms with Crippen molar-refractivity contribution < 1.29 is 14.0 Å². The van der Waals surface area contributed by atoms with Crippen LogP contribution in [0, 0.1) is 6.92 Å². The molecule has 2 amide bonds. The number of carbonyl (C=O) groups is 2. The summed E-state index contributed by atoms with van der Waals surface area (Å²) >= 11 is 0. The van der Waals surface area contributed by atoms with E-state index in [0.717, 1.165) is 6.42 Å². The van der Waals surface area contributed by atoms with E-state index in [1.165, 1.54) is 0 Å². The van der Waals surface area contributed by atoms with Gasteiger partial charge in [-0.2, -0.15) is 0 Å². The van der Waals surface area contributed by atoms with Crippen LogP contribution < -0.4 is 0 Å². The Balaban J connectivity index is 1.46. The summed E-state index contributed by atoms with van der Waals surface area (Å²) in [4.78, 5) is 33.5. The second kappa shape index (κ2) is 6.90. The van der Waals surface area contributed by atoms with E-state index in [-0.39, 0.29) is 11.8 Å². The fraction of sp³-hybridized carbons (Fsp3) is 0.350. The minimum atomic E-state index is -0.0356. The fourth-order valence-corrected chi connectivity index (χ4v) is 3.49. The van der Waals surface area contributed by atoms with E-state index in [4.69, 9.17) is 4.42 Å². The van der Waals surface area contributed by atoms with Crippen LogP contribution in [0.3, 0.4) is 0 Å². The maximum Gasteiger partial charge on any atom is 0.255 e. The van der Waals surface area contributed by atoms with Gasteiger partial charge in [-0.05, 0) is 30.7 Å². The molecule has 1 aromatic carbocycles. The van der Waals surface area contributed by atoms with Crippen molar-refractivity contribution in [2.45, 2.75) is 13.3 Å². The van der Waals surface area contributed by atoms with E-state index >= 15 is 0 Å². The molecule has 0 N–H and O–H groups in total. The topological polar surface area (TPSA) is 71.6 Å². The van der Waals surface area contributed by atoms with Crippen LogP contribution in [0.15, 0.2) is 41.1 Å². The van der Waals surface area contributed by atoms with Crippen molar-refractivity contribution in [3.05, 3.63) is 53.7 Å². The van der Waals surface area contributed by atoms with Crippen molar-refractivity contribution in [3.63, 3.8) is 0 Å². The lowest BCUT2D eigenvalue weighted by molar-refractivity contribution is 0.0719. The standard InChI is InChI=1S/C20H22N4O3/c1-14-21-17-12-15(4-5-18(17)27-14)19(25)23-7-3-8-24(11-10-23)20(26)16-6-9-22(2)13-16/h4-6,9,12-13H,3,7-8,10-11H2,1-2H3. The monoisotopic (exact) mass is 366 g/mol. The summed E-state index contributed by atoms with van der Waals surface area (Å²) in [6.45, 7) is 4.12. The summed E-state index contributed by atoms with van der Waals surface area (Å²) in [6.07, 6.45) is 4.45. The maximum absolute atomic E-state index is 12.9. The lowest BCUT2D eigenvalue weighted by Gasteiger charge is -2.22. The molecule has 0 atom stereocenters. The third-order valence-corrected chi connectivity index (χ3v) is 4.89. The summed E-state index contributed by atoms with van der Waals surface area (Å²) in [5.74, 6) is 0.565. The quantitative estimate of drug-likeness (QED) is 0.698. The number of benzene rings is 1. The Bertz CT molecular complexity index is 1000. The number of fused-ring (bicyclic) bond motifs is 1. The smallest absolute Gasteiger partial charge is 0.255 e. The van der Waals surface area contributed by atoms with Gasteiger partial charge in [0.1, 0.15) is 5.52 Å². The number of aromatic nitrogens is 2. The van der Waals surface area contributed by atoms with E-state index in [1.54, 1.807) is 25.1 Å². The molecule has 1 fully saturated rings. The Hall–Kier alpha value is -3.09. The molecular formula is C20H22N4O3. The summed E-state index contributed by atoms with van der Waals surface area (Å²) in [5, 5.41) is 0. The first-order valence-electron chi connectivity index (χ1n) is 9.09. The minimum Gasteiger partial charge on any atom is -0.441 e. The Labute approximate surface area is 157 Å². The van der Waals surface area contributed by atoms with E-state index in [0.29, 0.717) is 54.3 Å². The zero-order chi connectivity index (χ0) is 19.0. The van der Waals surface area contributed by atoms with Gasteiger partial charge >= 0.3 is 0 Å². The van der Waals surface area contributed by atoms with Crippen LogP contribution in [-0.4, -0.2) is 57.3 Å². The molecule has 3 aromatic rings. The first kappa shape index (κ1) is 17.3. The number of nitrogens with zero attached hydrogens (tertiary/aromatic N) is 4. The minimum absolute atomic E-state index is 0.0180. The number of hydrogen-bond acceptors (Lipinski definition) is 4. The maximum atomic E-state index is 12.9. The molecule has 3 heterocycles. The molecule has 0 aliphatic carbocycles. The number of aryl methyl sites for hydroxylation is 2. The first-order valence-corrected chi connectivity index (χ1v) is 9.09. The van der Waals surface area contributed by atoms with E-state index in [9.17, 15) is 9.59 Å². The van der Waals surface area contributed by atoms with Crippen molar-refractivity contribution in [2.24, 2.45) is 7.05 Å². The predicted molar refractivity (Wildman–Crippen MR) is 101 cm³/mol. The molecule has 0 unspecified atom stereocenters. The third kappa shape index (κ3) is 3.45. The van der Waals surface area contributed by atoms with Gasteiger partial charge in [-0.15, -0.1) is 0 Å². The molecule has 0 radical (unpaired) electrons. The van der Waals surface area contributed by atoms with Gasteiger partial charge < -0.3 is 18.8 Å². The molecule has 27 heavy (non-hydrogen) atoms. The Morgan fingerprint density at radius 3 is 2.37 bits per heavy atom. The highest BCUT2D eigenvalue weighted by molar-refractivity contribution is 5.97. The van der Waals surface area contributed by atoms with Gasteiger partial charge in [-0.3, -0.25) is 9.59 Å². The second-order valence-electron chi connectivity index (χ2n) is 6.92. The lowest BCUT2D eigenvalue weighted by Crippen LogP contribution is -2.37. The molecule has 1 aliphatic heterocycles. The van der Waals surface area contributed by atoms with Gasteiger partial charge in [0, 0.05) is 58.1 Å².